The van der Waals surface area contributed by atoms with Crippen molar-refractivity contribution in [2.75, 3.05) is 0 Å². The molecule has 0 unspecified atom stereocenters. The minimum atomic E-state index is -0.205. The lowest BCUT2D eigenvalue weighted by Gasteiger charge is -2.21. The standard InChI is InChI=1S/C13H18ClN5O/c1-8(2)11(12-15-7-16-19(12)4)17-13(20)10-5-9(14)6-18(10)3/h5-8,11H,1-4H3,(H,17,20)/t11-/m1/s1. The average Bonchev–Trinajstić information content (AvgIpc) is 2.91. The van der Waals surface area contributed by atoms with Gasteiger partial charge in [-0.1, -0.05) is 25.4 Å². The molecule has 0 aliphatic rings. The fourth-order valence-corrected chi connectivity index (χ4v) is 2.33. The molecule has 2 aromatic rings. The minimum absolute atomic E-state index is 0.180. The van der Waals surface area contributed by atoms with Crippen LogP contribution >= 0.6 is 11.6 Å². The van der Waals surface area contributed by atoms with E-state index >= 15 is 0 Å². The molecular formula is C13H18ClN5O. The highest BCUT2D eigenvalue weighted by atomic mass is 35.5. The Balaban J connectivity index is 2.23. The fourth-order valence-electron chi connectivity index (χ4n) is 2.08. The van der Waals surface area contributed by atoms with Crippen LogP contribution in [0.4, 0.5) is 0 Å². The van der Waals surface area contributed by atoms with E-state index in [2.05, 4.69) is 15.4 Å². The number of hydrogen-bond donors (Lipinski definition) is 1. The lowest BCUT2D eigenvalue weighted by atomic mass is 10.0. The summed E-state index contributed by atoms with van der Waals surface area (Å²) < 4.78 is 3.37. The zero-order valence-electron chi connectivity index (χ0n) is 12.0. The molecule has 108 valence electrons. The van der Waals surface area contributed by atoms with Gasteiger partial charge in [-0.2, -0.15) is 5.10 Å². The van der Waals surface area contributed by atoms with Crippen molar-refractivity contribution in [3.05, 3.63) is 35.1 Å². The molecule has 0 bridgehead atoms. The SMILES string of the molecule is CC(C)[C@@H](NC(=O)c1cc(Cl)cn1C)c1ncnn1C. The van der Waals surface area contributed by atoms with E-state index in [0.29, 0.717) is 10.7 Å². The van der Waals surface area contributed by atoms with Crippen LogP contribution in [0.3, 0.4) is 0 Å². The van der Waals surface area contributed by atoms with Crippen molar-refractivity contribution in [1.29, 1.82) is 0 Å². The maximum Gasteiger partial charge on any atom is 0.268 e. The molecule has 0 spiro atoms. The quantitative estimate of drug-likeness (QED) is 0.937. The van der Waals surface area contributed by atoms with Gasteiger partial charge in [-0.15, -0.1) is 0 Å². The van der Waals surface area contributed by atoms with Gasteiger partial charge in [0, 0.05) is 20.3 Å². The first-order chi connectivity index (χ1) is 9.40. The molecule has 2 aromatic heterocycles. The summed E-state index contributed by atoms with van der Waals surface area (Å²) >= 11 is 5.91. The summed E-state index contributed by atoms with van der Waals surface area (Å²) in [6.07, 6.45) is 3.18. The maximum atomic E-state index is 12.4. The van der Waals surface area contributed by atoms with Crippen molar-refractivity contribution in [1.82, 2.24) is 24.6 Å². The monoisotopic (exact) mass is 295 g/mol. The summed E-state index contributed by atoms with van der Waals surface area (Å²) in [4.78, 5) is 16.6. The molecular weight excluding hydrogens is 278 g/mol. The van der Waals surface area contributed by atoms with Gasteiger partial charge in [-0.05, 0) is 12.0 Å². The number of aromatic nitrogens is 4. The van der Waals surface area contributed by atoms with Gasteiger partial charge in [0.25, 0.3) is 5.91 Å². The molecule has 1 amide bonds. The Morgan fingerprint density at radius 3 is 2.55 bits per heavy atom. The topological polar surface area (TPSA) is 64.7 Å². The van der Waals surface area contributed by atoms with Gasteiger partial charge >= 0.3 is 0 Å². The van der Waals surface area contributed by atoms with Crippen LogP contribution < -0.4 is 5.32 Å². The summed E-state index contributed by atoms with van der Waals surface area (Å²) in [6, 6.07) is 1.44. The van der Waals surface area contributed by atoms with E-state index in [1.807, 2.05) is 20.9 Å². The second-order valence-electron chi connectivity index (χ2n) is 5.09. The highest BCUT2D eigenvalue weighted by Crippen LogP contribution is 2.20. The number of amides is 1. The lowest BCUT2D eigenvalue weighted by Crippen LogP contribution is -2.34. The smallest absolute Gasteiger partial charge is 0.268 e. The molecule has 7 heteroatoms. The van der Waals surface area contributed by atoms with Crippen molar-refractivity contribution >= 4 is 17.5 Å². The number of nitrogens with one attached hydrogen (secondary N) is 1. The summed E-state index contributed by atoms with van der Waals surface area (Å²) in [7, 11) is 3.59. The summed E-state index contributed by atoms with van der Waals surface area (Å²) in [5.41, 5.74) is 0.516. The van der Waals surface area contributed by atoms with Crippen LogP contribution in [-0.4, -0.2) is 25.2 Å². The van der Waals surface area contributed by atoms with E-state index in [1.54, 1.807) is 28.6 Å². The Hall–Kier alpha value is -1.82. The van der Waals surface area contributed by atoms with Gasteiger partial charge in [0.2, 0.25) is 0 Å². The third-order valence-corrected chi connectivity index (χ3v) is 3.39. The largest absolute Gasteiger partial charge is 0.345 e. The van der Waals surface area contributed by atoms with E-state index in [0.717, 1.165) is 5.82 Å². The fraction of sp³-hybridized carbons (Fsp3) is 0.462. The third-order valence-electron chi connectivity index (χ3n) is 3.18. The molecule has 0 saturated heterocycles. The number of nitrogens with zero attached hydrogens (tertiary/aromatic N) is 4. The zero-order chi connectivity index (χ0) is 14.9. The van der Waals surface area contributed by atoms with Crippen molar-refractivity contribution in [3.8, 4) is 0 Å². The van der Waals surface area contributed by atoms with Crippen molar-refractivity contribution in [3.63, 3.8) is 0 Å². The first-order valence-electron chi connectivity index (χ1n) is 6.36. The molecule has 6 nitrogen and oxygen atoms in total. The molecule has 0 aromatic carbocycles. The summed E-state index contributed by atoms with van der Waals surface area (Å²) in [5.74, 6) is 0.743. The molecule has 0 saturated carbocycles. The molecule has 1 atom stereocenters. The number of hydrogen-bond acceptors (Lipinski definition) is 3. The van der Waals surface area contributed by atoms with Gasteiger partial charge in [0.1, 0.15) is 17.8 Å². The number of carbonyl (C=O) groups excluding carboxylic acids is 1. The van der Waals surface area contributed by atoms with Gasteiger partial charge in [-0.25, -0.2) is 4.98 Å². The van der Waals surface area contributed by atoms with E-state index < -0.39 is 0 Å². The molecule has 0 aliphatic heterocycles. The predicted molar refractivity (Wildman–Crippen MR) is 76.5 cm³/mol. The molecule has 0 aliphatic carbocycles. The van der Waals surface area contributed by atoms with Gasteiger partial charge in [0.15, 0.2) is 0 Å². The number of rotatable bonds is 4. The Bertz CT molecular complexity index is 616. The van der Waals surface area contributed by atoms with E-state index in [-0.39, 0.29) is 17.9 Å². The Kier molecular flexibility index (Phi) is 4.13. The molecule has 0 fully saturated rings. The van der Waals surface area contributed by atoms with Crippen molar-refractivity contribution in [2.24, 2.45) is 20.0 Å². The Morgan fingerprint density at radius 2 is 2.10 bits per heavy atom. The molecule has 2 heterocycles. The third kappa shape index (κ3) is 2.85. The van der Waals surface area contributed by atoms with Crippen LogP contribution in [-0.2, 0) is 14.1 Å². The molecule has 20 heavy (non-hydrogen) atoms. The van der Waals surface area contributed by atoms with E-state index in [4.69, 9.17) is 11.6 Å². The zero-order valence-corrected chi connectivity index (χ0v) is 12.7. The number of aryl methyl sites for hydroxylation is 2. The van der Waals surface area contributed by atoms with Gasteiger partial charge in [0.05, 0.1) is 11.1 Å². The Labute approximate surface area is 122 Å². The number of halogens is 1. The predicted octanol–water partition coefficient (Wildman–Crippen LogP) is 1.93. The summed E-state index contributed by atoms with van der Waals surface area (Å²) in [6.45, 7) is 4.05. The van der Waals surface area contributed by atoms with Crippen LogP contribution in [0.25, 0.3) is 0 Å². The second kappa shape index (κ2) is 5.66. The highest BCUT2D eigenvalue weighted by molar-refractivity contribution is 6.31. The van der Waals surface area contributed by atoms with Crippen LogP contribution in [0.5, 0.6) is 0 Å². The minimum Gasteiger partial charge on any atom is -0.345 e. The summed E-state index contributed by atoms with van der Waals surface area (Å²) in [5, 5.41) is 7.58. The first kappa shape index (κ1) is 14.6. The molecule has 2 rings (SSSR count). The van der Waals surface area contributed by atoms with Crippen LogP contribution in [0.1, 0.15) is 36.2 Å². The van der Waals surface area contributed by atoms with Gasteiger partial charge in [-0.3, -0.25) is 9.48 Å². The average molecular weight is 296 g/mol. The van der Waals surface area contributed by atoms with E-state index in [9.17, 15) is 4.79 Å². The van der Waals surface area contributed by atoms with Gasteiger partial charge < -0.3 is 9.88 Å². The normalized spacial score (nSPS) is 12.7. The second-order valence-corrected chi connectivity index (χ2v) is 5.53. The Morgan fingerprint density at radius 1 is 1.40 bits per heavy atom. The first-order valence-corrected chi connectivity index (χ1v) is 6.74. The van der Waals surface area contributed by atoms with Crippen molar-refractivity contribution < 1.29 is 4.79 Å². The van der Waals surface area contributed by atoms with Crippen LogP contribution in [0.2, 0.25) is 5.02 Å². The van der Waals surface area contributed by atoms with Crippen molar-refractivity contribution in [2.45, 2.75) is 19.9 Å². The van der Waals surface area contributed by atoms with E-state index in [1.165, 1.54) is 6.33 Å². The lowest BCUT2D eigenvalue weighted by molar-refractivity contribution is 0.0914. The maximum absolute atomic E-state index is 12.4. The molecule has 0 radical (unpaired) electrons. The highest BCUT2D eigenvalue weighted by Gasteiger charge is 2.24. The van der Waals surface area contributed by atoms with Crippen LogP contribution in [0, 0.1) is 5.92 Å². The number of carbonyl (C=O) groups is 1. The van der Waals surface area contributed by atoms with Crippen LogP contribution in [0.15, 0.2) is 18.6 Å². The molecule has 1 N–H and O–H groups in total.